The van der Waals surface area contributed by atoms with Crippen molar-refractivity contribution in [3.8, 4) is 5.75 Å². The normalized spacial score (nSPS) is 23.5. The molecule has 0 saturated carbocycles. The van der Waals surface area contributed by atoms with Gasteiger partial charge >= 0.3 is 0 Å². The maximum Gasteiger partial charge on any atom is 0.243 e. The Morgan fingerprint density at radius 2 is 1.86 bits per heavy atom. The van der Waals surface area contributed by atoms with Gasteiger partial charge in [-0.05, 0) is 48.9 Å². The number of hydrogen-bond acceptors (Lipinski definition) is 4. The molecule has 0 aliphatic carbocycles. The molecule has 1 aromatic carbocycles. The average Bonchev–Trinajstić information content (AvgIpc) is 2.80. The predicted molar refractivity (Wildman–Crippen MR) is 81.0 cm³/mol. The molecule has 0 aromatic heterocycles. The topological polar surface area (TPSA) is 66.8 Å². The van der Waals surface area contributed by atoms with E-state index in [9.17, 15) is 13.5 Å². The van der Waals surface area contributed by atoms with E-state index in [0.29, 0.717) is 18.0 Å². The Labute approximate surface area is 126 Å². The Kier molecular flexibility index (Phi) is 4.60. The van der Waals surface area contributed by atoms with Crippen LogP contribution in [0.3, 0.4) is 0 Å². The standard InChI is InChI=1S/C15H23NO4S/c1-10-5-14(6-11(2)15(10)20-4)21(18,19)16-7-12(3)13(8-16)9-17/h5-6,12-13,17H,7-9H2,1-4H3/t12-,13+/m1/s1. The van der Waals surface area contributed by atoms with Gasteiger partial charge in [0.25, 0.3) is 0 Å². The zero-order chi connectivity index (χ0) is 15.8. The Hall–Kier alpha value is -1.11. The van der Waals surface area contributed by atoms with E-state index in [0.717, 1.165) is 16.9 Å². The smallest absolute Gasteiger partial charge is 0.243 e. The number of hydrogen-bond donors (Lipinski definition) is 1. The average molecular weight is 313 g/mol. The van der Waals surface area contributed by atoms with Crippen molar-refractivity contribution in [2.45, 2.75) is 25.7 Å². The molecule has 0 spiro atoms. The van der Waals surface area contributed by atoms with Gasteiger partial charge in [0.05, 0.1) is 12.0 Å². The second kappa shape index (κ2) is 5.94. The number of rotatable bonds is 4. The van der Waals surface area contributed by atoms with E-state index < -0.39 is 10.0 Å². The van der Waals surface area contributed by atoms with Crippen molar-refractivity contribution in [2.24, 2.45) is 11.8 Å². The second-order valence-electron chi connectivity index (χ2n) is 5.83. The van der Waals surface area contributed by atoms with E-state index in [2.05, 4.69) is 0 Å². The van der Waals surface area contributed by atoms with E-state index in [4.69, 9.17) is 4.74 Å². The molecule has 1 aromatic rings. The van der Waals surface area contributed by atoms with Gasteiger partial charge in [-0.25, -0.2) is 8.42 Å². The van der Waals surface area contributed by atoms with Gasteiger partial charge in [0.1, 0.15) is 5.75 Å². The summed E-state index contributed by atoms with van der Waals surface area (Å²) in [5, 5.41) is 9.31. The molecule has 0 unspecified atom stereocenters. The Balaban J connectivity index is 2.37. The molecular formula is C15H23NO4S. The molecule has 1 saturated heterocycles. The van der Waals surface area contributed by atoms with Crippen LogP contribution in [0.2, 0.25) is 0 Å². The van der Waals surface area contributed by atoms with Gasteiger partial charge in [0.15, 0.2) is 0 Å². The highest BCUT2D eigenvalue weighted by Crippen LogP contribution is 2.31. The monoisotopic (exact) mass is 313 g/mol. The zero-order valence-electron chi connectivity index (χ0n) is 13.0. The molecule has 0 amide bonds. The first-order valence-corrected chi connectivity index (χ1v) is 8.51. The molecule has 1 fully saturated rings. The molecular weight excluding hydrogens is 290 g/mol. The summed E-state index contributed by atoms with van der Waals surface area (Å²) in [7, 11) is -1.94. The molecule has 0 bridgehead atoms. The minimum absolute atomic E-state index is 0.0141. The summed E-state index contributed by atoms with van der Waals surface area (Å²) in [5.41, 5.74) is 1.61. The highest BCUT2D eigenvalue weighted by Gasteiger charge is 2.37. The van der Waals surface area contributed by atoms with Crippen molar-refractivity contribution in [3.63, 3.8) is 0 Å². The Morgan fingerprint density at radius 1 is 1.29 bits per heavy atom. The lowest BCUT2D eigenvalue weighted by molar-refractivity contribution is 0.210. The number of sulfonamides is 1. The highest BCUT2D eigenvalue weighted by molar-refractivity contribution is 7.89. The number of methoxy groups -OCH3 is 1. The van der Waals surface area contributed by atoms with Gasteiger partial charge in [-0.15, -0.1) is 0 Å². The molecule has 5 nitrogen and oxygen atoms in total. The summed E-state index contributed by atoms with van der Waals surface area (Å²) >= 11 is 0. The summed E-state index contributed by atoms with van der Waals surface area (Å²) in [6, 6.07) is 3.30. The van der Waals surface area contributed by atoms with Crippen molar-refractivity contribution in [1.82, 2.24) is 4.31 Å². The second-order valence-corrected chi connectivity index (χ2v) is 7.77. The van der Waals surface area contributed by atoms with Crippen LogP contribution in [0.1, 0.15) is 18.1 Å². The maximum absolute atomic E-state index is 12.7. The van der Waals surface area contributed by atoms with Crippen molar-refractivity contribution < 1.29 is 18.3 Å². The van der Waals surface area contributed by atoms with Crippen LogP contribution in [0.4, 0.5) is 0 Å². The van der Waals surface area contributed by atoms with Crippen molar-refractivity contribution in [2.75, 3.05) is 26.8 Å². The molecule has 1 aliphatic rings. The molecule has 118 valence electrons. The lowest BCUT2D eigenvalue weighted by atomic mass is 10.00. The Morgan fingerprint density at radius 3 is 2.29 bits per heavy atom. The highest BCUT2D eigenvalue weighted by atomic mass is 32.2. The Bertz CT molecular complexity index is 604. The molecule has 1 heterocycles. The third-order valence-corrected chi connectivity index (χ3v) is 6.05. The maximum atomic E-state index is 12.7. The van der Waals surface area contributed by atoms with Gasteiger partial charge in [-0.2, -0.15) is 4.31 Å². The van der Waals surface area contributed by atoms with Crippen molar-refractivity contribution in [1.29, 1.82) is 0 Å². The summed E-state index contributed by atoms with van der Waals surface area (Å²) in [6.07, 6.45) is 0. The fourth-order valence-corrected chi connectivity index (χ4v) is 4.72. The molecule has 6 heteroatoms. The van der Waals surface area contributed by atoms with Crippen LogP contribution < -0.4 is 4.74 Å². The fraction of sp³-hybridized carbons (Fsp3) is 0.600. The quantitative estimate of drug-likeness (QED) is 0.916. The molecule has 2 rings (SSSR count). The van der Waals surface area contributed by atoms with Crippen molar-refractivity contribution >= 4 is 10.0 Å². The summed E-state index contributed by atoms with van der Waals surface area (Å²) in [6.45, 7) is 6.51. The lowest BCUT2D eigenvalue weighted by Gasteiger charge is -2.18. The first kappa shape index (κ1) is 16.3. The van der Waals surface area contributed by atoms with Crippen LogP contribution in [0.5, 0.6) is 5.75 Å². The van der Waals surface area contributed by atoms with Crippen LogP contribution in [0, 0.1) is 25.7 Å². The minimum atomic E-state index is -3.52. The van der Waals surface area contributed by atoms with Gasteiger partial charge in [-0.3, -0.25) is 0 Å². The first-order chi connectivity index (χ1) is 9.81. The van der Waals surface area contributed by atoms with Crippen LogP contribution >= 0.6 is 0 Å². The zero-order valence-corrected chi connectivity index (χ0v) is 13.8. The number of benzene rings is 1. The number of ether oxygens (including phenoxy) is 1. The summed E-state index contributed by atoms with van der Waals surface area (Å²) < 4.78 is 32.2. The minimum Gasteiger partial charge on any atom is -0.496 e. The van der Waals surface area contributed by atoms with Gasteiger partial charge in [0.2, 0.25) is 10.0 Å². The van der Waals surface area contributed by atoms with E-state index in [1.165, 1.54) is 4.31 Å². The van der Waals surface area contributed by atoms with Crippen LogP contribution in [-0.4, -0.2) is 44.6 Å². The molecule has 1 N–H and O–H groups in total. The summed E-state index contributed by atoms with van der Waals surface area (Å²) in [4.78, 5) is 0.295. The first-order valence-electron chi connectivity index (χ1n) is 7.07. The number of aliphatic hydroxyl groups excluding tert-OH is 1. The molecule has 2 atom stereocenters. The third kappa shape index (κ3) is 2.93. The number of nitrogens with zero attached hydrogens (tertiary/aromatic N) is 1. The fourth-order valence-electron chi connectivity index (χ4n) is 2.95. The largest absolute Gasteiger partial charge is 0.496 e. The molecule has 1 aliphatic heterocycles. The molecule has 21 heavy (non-hydrogen) atoms. The third-order valence-electron chi connectivity index (χ3n) is 4.24. The van der Waals surface area contributed by atoms with Crippen LogP contribution in [-0.2, 0) is 10.0 Å². The molecule has 0 radical (unpaired) electrons. The predicted octanol–water partition coefficient (Wildman–Crippen LogP) is 1.56. The van der Waals surface area contributed by atoms with Gasteiger partial charge in [-0.1, -0.05) is 6.92 Å². The van der Waals surface area contributed by atoms with Crippen LogP contribution in [0.15, 0.2) is 17.0 Å². The van der Waals surface area contributed by atoms with E-state index in [1.54, 1.807) is 19.2 Å². The van der Waals surface area contributed by atoms with Crippen molar-refractivity contribution in [3.05, 3.63) is 23.3 Å². The lowest BCUT2D eigenvalue weighted by Crippen LogP contribution is -2.29. The van der Waals surface area contributed by atoms with Gasteiger partial charge in [0, 0.05) is 19.7 Å². The van der Waals surface area contributed by atoms with E-state index in [-0.39, 0.29) is 18.4 Å². The SMILES string of the molecule is COc1c(C)cc(S(=O)(=O)N2C[C@@H](CO)[C@H](C)C2)cc1C. The number of aliphatic hydroxyl groups is 1. The summed E-state index contributed by atoms with van der Waals surface area (Å²) in [5.74, 6) is 0.905. The van der Waals surface area contributed by atoms with E-state index in [1.807, 2.05) is 20.8 Å². The van der Waals surface area contributed by atoms with Gasteiger partial charge < -0.3 is 9.84 Å². The van der Waals surface area contributed by atoms with Crippen LogP contribution in [0.25, 0.3) is 0 Å². The number of aryl methyl sites for hydroxylation is 2. The van der Waals surface area contributed by atoms with E-state index >= 15 is 0 Å².